The van der Waals surface area contributed by atoms with E-state index in [0.717, 1.165) is 41.5 Å². The summed E-state index contributed by atoms with van der Waals surface area (Å²) in [4.78, 5) is 14.5. The minimum Gasteiger partial charge on any atom is -0.396 e. The summed E-state index contributed by atoms with van der Waals surface area (Å²) >= 11 is 1.74. The molecule has 0 unspecified atom stereocenters. The number of aliphatic hydroxyl groups excluding tert-OH is 1. The van der Waals surface area contributed by atoms with Gasteiger partial charge in [-0.1, -0.05) is 0 Å². The Labute approximate surface area is 152 Å². The maximum Gasteiger partial charge on any atom is 0.146 e. The molecule has 0 saturated carbocycles. The second-order valence-electron chi connectivity index (χ2n) is 7.44. The molecule has 0 spiro atoms. The number of nitrogens with one attached hydrogen (secondary N) is 1. The first-order valence-electron chi connectivity index (χ1n) is 9.02. The molecule has 0 aliphatic carbocycles. The van der Waals surface area contributed by atoms with Gasteiger partial charge in [0.2, 0.25) is 0 Å². The maximum absolute atomic E-state index is 9.67. The molecule has 6 nitrogen and oxygen atoms in total. The number of nitrogens with zero attached hydrogens (tertiary/aromatic N) is 3. The normalized spacial score (nSPS) is 20.1. The van der Waals surface area contributed by atoms with Crippen LogP contribution in [0.15, 0.2) is 0 Å². The van der Waals surface area contributed by atoms with Crippen LogP contribution in [0.2, 0.25) is 0 Å². The van der Waals surface area contributed by atoms with Gasteiger partial charge in [-0.05, 0) is 45.3 Å². The molecule has 4 heterocycles. The molecular weight excluding hydrogens is 336 g/mol. The topological polar surface area (TPSA) is 70.5 Å². The lowest BCUT2D eigenvalue weighted by Gasteiger charge is -2.40. The molecule has 2 saturated heterocycles. The fraction of sp³-hybridized carbons (Fsp3) is 0.667. The van der Waals surface area contributed by atoms with Crippen LogP contribution >= 0.6 is 11.3 Å². The fourth-order valence-electron chi connectivity index (χ4n) is 3.54. The van der Waals surface area contributed by atoms with Gasteiger partial charge in [-0.3, -0.25) is 4.90 Å². The number of hydrogen-bond donors (Lipinski definition) is 2. The fourth-order valence-corrected chi connectivity index (χ4v) is 4.59. The van der Waals surface area contributed by atoms with E-state index in [0.29, 0.717) is 19.8 Å². The lowest BCUT2D eigenvalue weighted by Crippen LogP contribution is -2.50. The average Bonchev–Trinajstić information content (AvgIpc) is 3.15. The quantitative estimate of drug-likeness (QED) is 0.822. The SMILES string of the molecule is Cc1sc2nc(CN3CCCC3)nc(NCC3(CO)COC3)c2c1C. The van der Waals surface area contributed by atoms with Crippen LogP contribution in [0.1, 0.15) is 29.1 Å². The Morgan fingerprint density at radius 1 is 1.24 bits per heavy atom. The number of likely N-dealkylation sites (tertiary alicyclic amines) is 1. The van der Waals surface area contributed by atoms with Crippen molar-refractivity contribution in [2.45, 2.75) is 33.2 Å². The van der Waals surface area contributed by atoms with Gasteiger partial charge in [0, 0.05) is 11.4 Å². The molecule has 136 valence electrons. The lowest BCUT2D eigenvalue weighted by molar-refractivity contribution is -0.128. The second-order valence-corrected chi connectivity index (χ2v) is 8.64. The van der Waals surface area contributed by atoms with Crippen LogP contribution in [0, 0.1) is 19.3 Å². The molecule has 2 fully saturated rings. The predicted octanol–water partition coefficient (Wildman–Crippen LogP) is 2.32. The van der Waals surface area contributed by atoms with Gasteiger partial charge in [-0.25, -0.2) is 9.97 Å². The van der Waals surface area contributed by atoms with Crippen molar-refractivity contribution in [3.05, 3.63) is 16.3 Å². The van der Waals surface area contributed by atoms with Crippen molar-refractivity contribution in [2.24, 2.45) is 5.41 Å². The van der Waals surface area contributed by atoms with Crippen molar-refractivity contribution in [2.75, 3.05) is 44.8 Å². The van der Waals surface area contributed by atoms with Crippen LogP contribution < -0.4 is 5.32 Å². The third-order valence-corrected chi connectivity index (χ3v) is 6.52. The molecule has 0 atom stereocenters. The summed E-state index contributed by atoms with van der Waals surface area (Å²) in [7, 11) is 0. The van der Waals surface area contributed by atoms with Crippen molar-refractivity contribution in [3.63, 3.8) is 0 Å². The summed E-state index contributed by atoms with van der Waals surface area (Å²) in [6.07, 6.45) is 2.53. The van der Waals surface area contributed by atoms with Gasteiger partial charge in [0.15, 0.2) is 0 Å². The third-order valence-electron chi connectivity index (χ3n) is 5.42. The zero-order chi connectivity index (χ0) is 17.4. The van der Waals surface area contributed by atoms with Crippen LogP contribution in [0.4, 0.5) is 5.82 Å². The standard InChI is InChI=1S/C18H26N4O2S/c1-12-13(2)25-17-15(12)16(19-8-18(9-23)10-24-11-18)20-14(21-17)7-22-5-3-4-6-22/h23H,3-11H2,1-2H3,(H,19,20,21). The number of aryl methyl sites for hydroxylation is 2. The van der Waals surface area contributed by atoms with Gasteiger partial charge in [0.1, 0.15) is 16.5 Å². The van der Waals surface area contributed by atoms with Crippen molar-refractivity contribution >= 4 is 27.4 Å². The highest BCUT2D eigenvalue weighted by Crippen LogP contribution is 2.35. The van der Waals surface area contributed by atoms with Crippen LogP contribution in [-0.4, -0.2) is 59.4 Å². The minimum atomic E-state index is -0.175. The van der Waals surface area contributed by atoms with Gasteiger partial charge in [-0.2, -0.15) is 0 Å². The maximum atomic E-state index is 9.67. The van der Waals surface area contributed by atoms with E-state index >= 15 is 0 Å². The predicted molar refractivity (Wildman–Crippen MR) is 100 cm³/mol. The highest BCUT2D eigenvalue weighted by molar-refractivity contribution is 7.18. The van der Waals surface area contributed by atoms with Gasteiger partial charge in [-0.15, -0.1) is 11.3 Å². The summed E-state index contributed by atoms with van der Waals surface area (Å²) in [5.74, 6) is 1.79. The molecule has 2 aromatic heterocycles. The summed E-state index contributed by atoms with van der Waals surface area (Å²) in [5, 5.41) is 14.3. The van der Waals surface area contributed by atoms with E-state index in [1.165, 1.54) is 23.3 Å². The Kier molecular flexibility index (Phi) is 4.66. The summed E-state index contributed by atoms with van der Waals surface area (Å²) in [6.45, 7) is 9.38. The molecule has 7 heteroatoms. The van der Waals surface area contributed by atoms with Gasteiger partial charge in [0.05, 0.1) is 37.2 Å². The smallest absolute Gasteiger partial charge is 0.146 e. The first-order valence-corrected chi connectivity index (χ1v) is 9.83. The van der Waals surface area contributed by atoms with Crippen molar-refractivity contribution in [1.82, 2.24) is 14.9 Å². The van der Waals surface area contributed by atoms with Gasteiger partial charge >= 0.3 is 0 Å². The van der Waals surface area contributed by atoms with E-state index in [4.69, 9.17) is 14.7 Å². The highest BCUT2D eigenvalue weighted by atomic mass is 32.1. The molecule has 2 aliphatic rings. The van der Waals surface area contributed by atoms with E-state index in [1.807, 2.05) is 0 Å². The third kappa shape index (κ3) is 3.26. The second kappa shape index (κ2) is 6.79. The molecule has 25 heavy (non-hydrogen) atoms. The zero-order valence-electron chi connectivity index (χ0n) is 15.0. The summed E-state index contributed by atoms with van der Waals surface area (Å²) in [5.41, 5.74) is 1.07. The largest absolute Gasteiger partial charge is 0.396 e. The number of aliphatic hydroxyl groups is 1. The van der Waals surface area contributed by atoms with Gasteiger partial charge in [0.25, 0.3) is 0 Å². The van der Waals surface area contributed by atoms with E-state index < -0.39 is 0 Å². The Bertz CT molecular complexity index is 761. The average molecular weight is 362 g/mol. The van der Waals surface area contributed by atoms with Crippen LogP contribution in [-0.2, 0) is 11.3 Å². The molecule has 0 aromatic carbocycles. The minimum absolute atomic E-state index is 0.135. The number of fused-ring (bicyclic) bond motifs is 1. The number of ether oxygens (including phenoxy) is 1. The Hall–Kier alpha value is -1.28. The lowest BCUT2D eigenvalue weighted by atomic mass is 9.87. The van der Waals surface area contributed by atoms with Crippen LogP contribution in [0.3, 0.4) is 0 Å². The van der Waals surface area contributed by atoms with E-state index in [9.17, 15) is 5.11 Å². The number of thiophene rings is 1. The Balaban J connectivity index is 1.64. The van der Waals surface area contributed by atoms with Crippen LogP contribution in [0.5, 0.6) is 0 Å². The van der Waals surface area contributed by atoms with E-state index in [-0.39, 0.29) is 12.0 Å². The molecule has 0 amide bonds. The number of anilines is 1. The Morgan fingerprint density at radius 2 is 2.00 bits per heavy atom. The van der Waals surface area contributed by atoms with Crippen molar-refractivity contribution in [3.8, 4) is 0 Å². The molecular formula is C18H26N4O2S. The number of hydrogen-bond acceptors (Lipinski definition) is 7. The first kappa shape index (κ1) is 17.1. The molecule has 2 aliphatic heterocycles. The molecule has 0 radical (unpaired) electrons. The molecule has 2 aromatic rings. The Morgan fingerprint density at radius 3 is 2.64 bits per heavy atom. The van der Waals surface area contributed by atoms with Gasteiger partial charge < -0.3 is 15.2 Å². The van der Waals surface area contributed by atoms with Crippen molar-refractivity contribution < 1.29 is 9.84 Å². The summed E-state index contributed by atoms with van der Waals surface area (Å²) < 4.78 is 5.31. The van der Waals surface area contributed by atoms with E-state index in [2.05, 4.69) is 24.1 Å². The van der Waals surface area contributed by atoms with Crippen LogP contribution in [0.25, 0.3) is 10.2 Å². The number of aromatic nitrogens is 2. The monoisotopic (exact) mass is 362 g/mol. The summed E-state index contributed by atoms with van der Waals surface area (Å²) in [6, 6.07) is 0. The first-order chi connectivity index (χ1) is 12.1. The number of rotatable bonds is 6. The van der Waals surface area contributed by atoms with Crippen molar-refractivity contribution in [1.29, 1.82) is 0 Å². The molecule has 0 bridgehead atoms. The molecule has 2 N–H and O–H groups in total. The molecule has 4 rings (SSSR count). The van der Waals surface area contributed by atoms with E-state index in [1.54, 1.807) is 11.3 Å². The zero-order valence-corrected chi connectivity index (χ0v) is 15.8. The highest BCUT2D eigenvalue weighted by Gasteiger charge is 2.38.